The molecule has 1 aliphatic rings. The molecule has 1 atom stereocenters. The number of rotatable bonds is 6. The van der Waals surface area contributed by atoms with Crippen LogP contribution in [0.15, 0.2) is 24.3 Å². The number of hydrogen-bond donors (Lipinski definition) is 4. The molecule has 0 saturated carbocycles. The molecule has 1 fully saturated rings. The molecule has 1 heterocycles. The monoisotopic (exact) mass is 340 g/mol. The van der Waals surface area contributed by atoms with Crippen LogP contribution in [-0.2, 0) is 15.1 Å². The Bertz CT molecular complexity index is 608. The summed E-state index contributed by atoms with van der Waals surface area (Å²) >= 11 is 0. The van der Waals surface area contributed by atoms with Crippen molar-refractivity contribution >= 4 is 35.9 Å². The highest BCUT2D eigenvalue weighted by atomic mass is 35.5. The van der Waals surface area contributed by atoms with Crippen LogP contribution < -0.4 is 21.3 Å². The summed E-state index contributed by atoms with van der Waals surface area (Å²) in [4.78, 5) is 35.1. The number of imide groups is 1. The molecule has 8 heteroatoms. The van der Waals surface area contributed by atoms with E-state index in [2.05, 4.69) is 21.3 Å². The lowest BCUT2D eigenvalue weighted by Crippen LogP contribution is -2.40. The van der Waals surface area contributed by atoms with Crippen molar-refractivity contribution in [2.75, 3.05) is 18.9 Å². The largest absolute Gasteiger partial charge is 0.326 e. The second-order valence-electron chi connectivity index (χ2n) is 5.37. The Morgan fingerprint density at radius 1 is 1.30 bits per heavy atom. The van der Waals surface area contributed by atoms with Crippen LogP contribution in [0.4, 0.5) is 10.5 Å². The molecule has 0 aromatic heterocycles. The maximum absolute atomic E-state index is 11.9. The molecule has 1 unspecified atom stereocenters. The van der Waals surface area contributed by atoms with E-state index < -0.39 is 17.5 Å². The van der Waals surface area contributed by atoms with Gasteiger partial charge in [0.25, 0.3) is 5.91 Å². The van der Waals surface area contributed by atoms with Gasteiger partial charge in [0.05, 0.1) is 0 Å². The summed E-state index contributed by atoms with van der Waals surface area (Å²) in [6, 6.07) is 6.40. The van der Waals surface area contributed by atoms with E-state index in [4.69, 9.17) is 0 Å². The third kappa shape index (κ3) is 4.43. The van der Waals surface area contributed by atoms with E-state index in [0.717, 1.165) is 13.0 Å². The van der Waals surface area contributed by atoms with Crippen LogP contribution in [-0.4, -0.2) is 31.4 Å². The van der Waals surface area contributed by atoms with Gasteiger partial charge in [0.15, 0.2) is 0 Å². The zero-order valence-corrected chi connectivity index (χ0v) is 13.9. The molecule has 0 bridgehead atoms. The highest BCUT2D eigenvalue weighted by Crippen LogP contribution is 2.26. The molecular weight excluding hydrogens is 320 g/mol. The predicted molar refractivity (Wildman–Crippen MR) is 89.5 cm³/mol. The Kier molecular flexibility index (Phi) is 6.53. The van der Waals surface area contributed by atoms with Crippen LogP contribution in [0.25, 0.3) is 0 Å². The first-order chi connectivity index (χ1) is 10.5. The van der Waals surface area contributed by atoms with E-state index in [-0.39, 0.29) is 18.3 Å². The zero-order valence-electron chi connectivity index (χ0n) is 13.1. The fourth-order valence-electron chi connectivity index (χ4n) is 2.30. The molecule has 0 spiro atoms. The van der Waals surface area contributed by atoms with Crippen molar-refractivity contribution < 1.29 is 14.4 Å². The van der Waals surface area contributed by atoms with Crippen molar-refractivity contribution in [1.29, 1.82) is 0 Å². The quantitative estimate of drug-likeness (QED) is 0.460. The molecule has 1 saturated heterocycles. The number of anilines is 1. The Morgan fingerprint density at radius 2 is 2.04 bits per heavy atom. The molecule has 7 nitrogen and oxygen atoms in total. The van der Waals surface area contributed by atoms with Crippen LogP contribution in [0.1, 0.15) is 25.3 Å². The summed E-state index contributed by atoms with van der Waals surface area (Å²) in [6.07, 6.45) is 1.16. The Morgan fingerprint density at radius 3 is 2.65 bits per heavy atom. The van der Waals surface area contributed by atoms with Crippen LogP contribution in [0, 0.1) is 0 Å². The number of carbonyl (C=O) groups excluding carboxylic acids is 3. The minimum Gasteiger partial charge on any atom is -0.326 e. The number of carbonyl (C=O) groups is 3. The molecule has 0 radical (unpaired) electrons. The SMILES string of the molecule is CNCCCC(=O)Nc1cccc(C2(C)NC(=O)NC2=O)c1.Cl. The number of hydrogen-bond acceptors (Lipinski definition) is 4. The van der Waals surface area contributed by atoms with Gasteiger partial charge >= 0.3 is 6.03 Å². The number of urea groups is 1. The van der Waals surface area contributed by atoms with Gasteiger partial charge in [-0.3, -0.25) is 14.9 Å². The number of halogens is 1. The van der Waals surface area contributed by atoms with Crippen molar-refractivity contribution in [3.05, 3.63) is 29.8 Å². The number of amides is 4. The van der Waals surface area contributed by atoms with Crippen molar-refractivity contribution in [3.63, 3.8) is 0 Å². The minimum absolute atomic E-state index is 0. The summed E-state index contributed by atoms with van der Waals surface area (Å²) in [5.41, 5.74) is 0.0928. The maximum atomic E-state index is 11.9. The van der Waals surface area contributed by atoms with E-state index in [1.54, 1.807) is 31.2 Å². The molecular formula is C15H21ClN4O3. The maximum Gasteiger partial charge on any atom is 0.322 e. The fraction of sp³-hybridized carbons (Fsp3) is 0.400. The average Bonchev–Trinajstić information content (AvgIpc) is 2.73. The van der Waals surface area contributed by atoms with Gasteiger partial charge in [-0.05, 0) is 44.6 Å². The standard InChI is InChI=1S/C15H20N4O3.ClH/c1-15(13(21)18-14(22)19-15)10-5-3-6-11(9-10)17-12(20)7-4-8-16-2;/h3,5-6,9,16H,4,7-8H2,1-2H3,(H,17,20)(H2,18,19,21,22);1H. The fourth-order valence-corrected chi connectivity index (χ4v) is 2.30. The van der Waals surface area contributed by atoms with Crippen LogP contribution >= 0.6 is 12.4 Å². The first-order valence-electron chi connectivity index (χ1n) is 7.14. The van der Waals surface area contributed by atoms with Gasteiger partial charge in [0.1, 0.15) is 5.54 Å². The molecule has 0 aliphatic carbocycles. The summed E-state index contributed by atoms with van der Waals surface area (Å²) in [6.45, 7) is 2.40. The van der Waals surface area contributed by atoms with E-state index in [0.29, 0.717) is 17.7 Å². The summed E-state index contributed by atoms with van der Waals surface area (Å²) in [5.74, 6) is -0.493. The number of benzene rings is 1. The van der Waals surface area contributed by atoms with Gasteiger partial charge in [-0.25, -0.2) is 4.79 Å². The number of nitrogens with one attached hydrogen (secondary N) is 4. The summed E-state index contributed by atoms with van der Waals surface area (Å²) in [5, 5.41) is 10.6. The van der Waals surface area contributed by atoms with Crippen molar-refractivity contribution in [3.8, 4) is 0 Å². The lowest BCUT2D eigenvalue weighted by Gasteiger charge is -2.21. The van der Waals surface area contributed by atoms with Gasteiger partial charge in [0, 0.05) is 12.1 Å². The highest BCUT2D eigenvalue weighted by Gasteiger charge is 2.43. The first kappa shape index (κ1) is 18.9. The normalized spacial score (nSPS) is 19.6. The van der Waals surface area contributed by atoms with E-state index in [1.807, 2.05) is 7.05 Å². The van der Waals surface area contributed by atoms with Gasteiger partial charge in [-0.1, -0.05) is 12.1 Å². The summed E-state index contributed by atoms with van der Waals surface area (Å²) in [7, 11) is 1.84. The van der Waals surface area contributed by atoms with Crippen molar-refractivity contribution in [2.45, 2.75) is 25.3 Å². The second-order valence-corrected chi connectivity index (χ2v) is 5.37. The molecule has 126 valence electrons. The van der Waals surface area contributed by atoms with Crippen LogP contribution in [0.5, 0.6) is 0 Å². The van der Waals surface area contributed by atoms with Crippen molar-refractivity contribution in [2.24, 2.45) is 0 Å². The van der Waals surface area contributed by atoms with E-state index in [9.17, 15) is 14.4 Å². The smallest absolute Gasteiger partial charge is 0.322 e. The second kappa shape index (κ2) is 7.94. The summed E-state index contributed by atoms with van der Waals surface area (Å²) < 4.78 is 0. The third-order valence-corrected chi connectivity index (χ3v) is 3.60. The zero-order chi connectivity index (χ0) is 16.2. The predicted octanol–water partition coefficient (Wildman–Crippen LogP) is 1.10. The molecule has 1 aliphatic heterocycles. The van der Waals surface area contributed by atoms with Crippen LogP contribution in [0.2, 0.25) is 0 Å². The molecule has 4 N–H and O–H groups in total. The third-order valence-electron chi connectivity index (χ3n) is 3.60. The lowest BCUT2D eigenvalue weighted by molar-refractivity contribution is -0.123. The Hall–Kier alpha value is -2.12. The Labute approximate surface area is 141 Å². The molecule has 23 heavy (non-hydrogen) atoms. The minimum atomic E-state index is -1.12. The Balaban J connectivity index is 0.00000264. The molecule has 2 rings (SSSR count). The first-order valence-corrected chi connectivity index (χ1v) is 7.14. The van der Waals surface area contributed by atoms with E-state index >= 15 is 0 Å². The van der Waals surface area contributed by atoms with Gasteiger partial charge in [-0.15, -0.1) is 12.4 Å². The van der Waals surface area contributed by atoms with Crippen LogP contribution in [0.3, 0.4) is 0 Å². The van der Waals surface area contributed by atoms with Gasteiger partial charge < -0.3 is 16.0 Å². The highest BCUT2D eigenvalue weighted by molar-refractivity contribution is 6.07. The lowest BCUT2D eigenvalue weighted by atomic mass is 9.92. The van der Waals surface area contributed by atoms with Crippen molar-refractivity contribution in [1.82, 2.24) is 16.0 Å². The molecule has 4 amide bonds. The topological polar surface area (TPSA) is 99.3 Å². The van der Waals surface area contributed by atoms with E-state index in [1.165, 1.54) is 0 Å². The molecule has 1 aromatic carbocycles. The van der Waals surface area contributed by atoms with Gasteiger partial charge in [-0.2, -0.15) is 0 Å². The molecule has 1 aromatic rings. The average molecular weight is 341 g/mol. The van der Waals surface area contributed by atoms with Gasteiger partial charge in [0.2, 0.25) is 5.91 Å².